The van der Waals surface area contributed by atoms with Crippen molar-refractivity contribution in [3.63, 3.8) is 0 Å². The van der Waals surface area contributed by atoms with Crippen LogP contribution in [0, 0.1) is 0 Å². The molecule has 2 heteroatoms. The van der Waals surface area contributed by atoms with Crippen molar-refractivity contribution >= 4 is 49.8 Å². The maximum Gasteiger partial charge on any atom is 0.136 e. The van der Waals surface area contributed by atoms with Gasteiger partial charge in [-0.1, -0.05) is 212 Å². The first-order chi connectivity index (χ1) is 33.2. The van der Waals surface area contributed by atoms with Crippen LogP contribution in [0.5, 0.6) is 0 Å². The van der Waals surface area contributed by atoms with Gasteiger partial charge in [-0.05, 0) is 115 Å². The highest BCUT2D eigenvalue weighted by Crippen LogP contribution is 2.60. The van der Waals surface area contributed by atoms with E-state index < -0.39 is 5.41 Å². The van der Waals surface area contributed by atoms with Gasteiger partial charge in [-0.25, -0.2) is 0 Å². The number of rotatable bonds is 8. The van der Waals surface area contributed by atoms with Crippen LogP contribution in [-0.2, 0) is 5.41 Å². The number of fused-ring (bicyclic) bond motifs is 7. The summed E-state index contributed by atoms with van der Waals surface area (Å²) in [6, 6.07) is 95.1. The third-order valence-electron chi connectivity index (χ3n) is 14.0. The van der Waals surface area contributed by atoms with Crippen LogP contribution in [0.4, 0.5) is 17.1 Å². The Kier molecular flexibility index (Phi) is 9.11. The molecule has 1 aliphatic carbocycles. The van der Waals surface area contributed by atoms with Crippen LogP contribution >= 0.6 is 0 Å². The van der Waals surface area contributed by atoms with E-state index in [0.29, 0.717) is 0 Å². The molecule has 1 heterocycles. The summed E-state index contributed by atoms with van der Waals surface area (Å²) in [6.07, 6.45) is 0. The van der Waals surface area contributed by atoms with Gasteiger partial charge in [-0.2, -0.15) is 0 Å². The minimum absolute atomic E-state index is 0.537. The number of hydrogen-bond acceptors (Lipinski definition) is 2. The Morgan fingerprint density at radius 1 is 0.313 bits per heavy atom. The normalized spacial score (nSPS) is 12.6. The molecule has 0 atom stereocenters. The Labute approximate surface area is 390 Å². The maximum atomic E-state index is 6.48. The second-order valence-corrected chi connectivity index (χ2v) is 17.6. The summed E-state index contributed by atoms with van der Waals surface area (Å²) in [5.74, 6) is 0. The maximum absolute atomic E-state index is 6.48. The molecule has 0 amide bonds. The molecule has 11 aromatic carbocycles. The fourth-order valence-electron chi connectivity index (χ4n) is 10.9. The van der Waals surface area contributed by atoms with Crippen molar-refractivity contribution in [2.75, 3.05) is 4.90 Å². The van der Waals surface area contributed by atoms with Crippen molar-refractivity contribution < 1.29 is 4.42 Å². The molecule has 0 radical (unpaired) electrons. The number of hydrogen-bond donors (Lipinski definition) is 0. The lowest BCUT2D eigenvalue weighted by Gasteiger charge is -2.34. The Morgan fingerprint density at radius 2 is 0.851 bits per heavy atom. The molecule has 0 N–H and O–H groups in total. The number of anilines is 3. The van der Waals surface area contributed by atoms with Crippen molar-refractivity contribution in [2.24, 2.45) is 0 Å². The largest absolute Gasteiger partial charge is 0.456 e. The average molecular weight is 854 g/mol. The lowest BCUT2D eigenvalue weighted by Crippen LogP contribution is -2.28. The Bertz CT molecular complexity index is 3750. The van der Waals surface area contributed by atoms with Crippen molar-refractivity contribution in [1.29, 1.82) is 0 Å². The first-order valence-electron chi connectivity index (χ1n) is 23.1. The SMILES string of the molecule is c1ccc(C2(c3ccccc3)c3ccccc3-c3c(N(c4ccc(-c5ccc(-c6ccc7ccccc7c6)cc5)cc4)c4ccccc4-c4ccc5c(c4)oc4ccccc45)cccc32)cc1. The van der Waals surface area contributed by atoms with E-state index in [-0.39, 0.29) is 0 Å². The quantitative estimate of drug-likeness (QED) is 0.151. The molecule has 1 aliphatic rings. The monoisotopic (exact) mass is 853 g/mol. The topological polar surface area (TPSA) is 16.4 Å². The molecule has 314 valence electrons. The third-order valence-corrected chi connectivity index (χ3v) is 14.0. The van der Waals surface area contributed by atoms with Crippen LogP contribution in [0.3, 0.4) is 0 Å². The second-order valence-electron chi connectivity index (χ2n) is 17.6. The molecule has 0 saturated carbocycles. The van der Waals surface area contributed by atoms with Gasteiger partial charge in [0, 0.05) is 27.6 Å². The summed E-state index contributed by atoms with van der Waals surface area (Å²) in [7, 11) is 0. The van der Waals surface area contributed by atoms with Gasteiger partial charge >= 0.3 is 0 Å². The average Bonchev–Trinajstić information content (AvgIpc) is 3.93. The number of nitrogens with zero attached hydrogens (tertiary/aromatic N) is 1. The standard InChI is InChI=1S/C65H43NO/c1-3-18-51(19-4-1)65(52-20-5-2-6-21-52)58-25-12-9-24-57(58)64-59(65)26-15-28-61(64)66(60-27-13-10-22-54(60)50-38-41-56-55-23-11-14-29-62(55)67-63(56)43-50)53-39-36-46(37-40-53)45-30-32-47(33-31-45)49-35-34-44-16-7-8-17-48(44)42-49/h1-43H. The fourth-order valence-corrected chi connectivity index (χ4v) is 10.9. The van der Waals surface area contributed by atoms with E-state index in [1.807, 2.05) is 12.1 Å². The highest BCUT2D eigenvalue weighted by Gasteiger charge is 2.47. The first-order valence-corrected chi connectivity index (χ1v) is 23.1. The van der Waals surface area contributed by atoms with Crippen molar-refractivity contribution in [1.82, 2.24) is 0 Å². The van der Waals surface area contributed by atoms with Crippen LogP contribution in [0.15, 0.2) is 265 Å². The molecule has 13 rings (SSSR count). The number of para-hydroxylation sites is 2. The second kappa shape index (κ2) is 15.8. The van der Waals surface area contributed by atoms with E-state index in [1.165, 1.54) is 60.8 Å². The highest BCUT2D eigenvalue weighted by atomic mass is 16.3. The van der Waals surface area contributed by atoms with Crippen LogP contribution in [0.1, 0.15) is 22.3 Å². The fraction of sp³-hybridized carbons (Fsp3) is 0.0154. The molecule has 67 heavy (non-hydrogen) atoms. The molecule has 0 fully saturated rings. The summed E-state index contributed by atoms with van der Waals surface area (Å²) < 4.78 is 6.48. The van der Waals surface area contributed by atoms with E-state index in [2.05, 4.69) is 254 Å². The van der Waals surface area contributed by atoms with E-state index in [4.69, 9.17) is 4.42 Å². The van der Waals surface area contributed by atoms with Gasteiger partial charge in [-0.15, -0.1) is 0 Å². The molecule has 0 aliphatic heterocycles. The number of benzene rings is 11. The molecule has 1 aromatic heterocycles. The number of furan rings is 1. The molecule has 12 aromatic rings. The van der Waals surface area contributed by atoms with Gasteiger partial charge in [0.2, 0.25) is 0 Å². The van der Waals surface area contributed by atoms with Gasteiger partial charge in [-0.3, -0.25) is 0 Å². The lowest BCUT2D eigenvalue weighted by atomic mass is 9.68. The molecule has 0 saturated heterocycles. The molecule has 0 unspecified atom stereocenters. The van der Waals surface area contributed by atoms with Gasteiger partial charge in [0.15, 0.2) is 0 Å². The van der Waals surface area contributed by atoms with Gasteiger partial charge < -0.3 is 9.32 Å². The van der Waals surface area contributed by atoms with Gasteiger partial charge in [0.05, 0.1) is 16.8 Å². The van der Waals surface area contributed by atoms with E-state index in [9.17, 15) is 0 Å². The predicted octanol–water partition coefficient (Wildman–Crippen LogP) is 17.6. The van der Waals surface area contributed by atoms with Crippen LogP contribution < -0.4 is 4.90 Å². The zero-order valence-electron chi connectivity index (χ0n) is 36.7. The predicted molar refractivity (Wildman–Crippen MR) is 280 cm³/mol. The van der Waals surface area contributed by atoms with Gasteiger partial charge in [0.1, 0.15) is 11.2 Å². The smallest absolute Gasteiger partial charge is 0.136 e. The van der Waals surface area contributed by atoms with Crippen LogP contribution in [0.25, 0.3) is 77.2 Å². The minimum atomic E-state index is -0.537. The zero-order chi connectivity index (χ0) is 44.3. The Morgan fingerprint density at radius 3 is 1.61 bits per heavy atom. The summed E-state index contributed by atoms with van der Waals surface area (Å²) in [5.41, 5.74) is 18.9. The molecule has 2 nitrogen and oxygen atoms in total. The highest BCUT2D eigenvalue weighted by molar-refractivity contribution is 6.07. The molecular formula is C65H43NO. The Balaban J connectivity index is 0.996. The van der Waals surface area contributed by atoms with E-state index >= 15 is 0 Å². The summed E-state index contributed by atoms with van der Waals surface area (Å²) >= 11 is 0. The molecular weight excluding hydrogens is 811 g/mol. The van der Waals surface area contributed by atoms with Gasteiger partial charge in [0.25, 0.3) is 0 Å². The molecule has 0 bridgehead atoms. The lowest BCUT2D eigenvalue weighted by molar-refractivity contribution is 0.669. The third kappa shape index (κ3) is 6.26. The summed E-state index contributed by atoms with van der Waals surface area (Å²) in [5, 5.41) is 4.74. The first kappa shape index (κ1) is 38.7. The van der Waals surface area contributed by atoms with Crippen molar-refractivity contribution in [2.45, 2.75) is 5.41 Å². The minimum Gasteiger partial charge on any atom is -0.456 e. The zero-order valence-corrected chi connectivity index (χ0v) is 36.7. The summed E-state index contributed by atoms with van der Waals surface area (Å²) in [4.78, 5) is 2.48. The molecule has 0 spiro atoms. The Hall–Kier alpha value is -8.72. The van der Waals surface area contributed by atoms with Crippen LogP contribution in [0.2, 0.25) is 0 Å². The van der Waals surface area contributed by atoms with E-state index in [0.717, 1.165) is 55.7 Å². The van der Waals surface area contributed by atoms with E-state index in [1.54, 1.807) is 0 Å². The summed E-state index contributed by atoms with van der Waals surface area (Å²) in [6.45, 7) is 0. The van der Waals surface area contributed by atoms with Crippen LogP contribution in [-0.4, -0.2) is 0 Å². The van der Waals surface area contributed by atoms with Crippen molar-refractivity contribution in [3.05, 3.63) is 283 Å². The van der Waals surface area contributed by atoms with Crippen molar-refractivity contribution in [3.8, 4) is 44.5 Å².